The third kappa shape index (κ3) is 3.70. The van der Waals surface area contributed by atoms with Gasteiger partial charge in [-0.05, 0) is 50.6 Å². The van der Waals surface area contributed by atoms with Crippen LogP contribution in [0.5, 0.6) is 11.5 Å². The molecule has 36 heavy (non-hydrogen) atoms. The van der Waals surface area contributed by atoms with E-state index in [0.717, 1.165) is 11.3 Å². The normalized spacial score (nSPS) is 14.8. The molecular weight excluding hydrogens is 484 g/mol. The number of hydrogen-bond donors (Lipinski definition) is 1. The molecule has 0 saturated carbocycles. The van der Waals surface area contributed by atoms with Crippen LogP contribution in [0.4, 0.5) is 5.13 Å². The first kappa shape index (κ1) is 23.6. The van der Waals surface area contributed by atoms with Gasteiger partial charge >= 0.3 is 5.97 Å². The number of carbonyl (C=O) groups excluding carboxylic acids is 2. The fourth-order valence-electron chi connectivity index (χ4n) is 4.28. The highest BCUT2D eigenvalue weighted by Gasteiger charge is 2.45. The van der Waals surface area contributed by atoms with Crippen LogP contribution in [0.3, 0.4) is 0 Å². The van der Waals surface area contributed by atoms with Crippen LogP contribution in [0, 0.1) is 6.92 Å². The first-order chi connectivity index (χ1) is 17.3. The van der Waals surface area contributed by atoms with Gasteiger partial charge in [0.05, 0.1) is 35.9 Å². The fraction of sp³-hybridized carbons (Fsp3) is 0.231. The largest absolute Gasteiger partial charge is 0.504 e. The van der Waals surface area contributed by atoms with E-state index in [2.05, 4.69) is 4.98 Å². The summed E-state index contributed by atoms with van der Waals surface area (Å²) >= 11 is 1.00. The topological polar surface area (TPSA) is 119 Å². The van der Waals surface area contributed by atoms with Crippen molar-refractivity contribution in [2.75, 3.05) is 18.1 Å². The van der Waals surface area contributed by atoms with Gasteiger partial charge in [-0.2, -0.15) is 0 Å². The van der Waals surface area contributed by atoms with Crippen LogP contribution < -0.4 is 15.1 Å². The number of aryl methyl sites for hydroxylation is 1. The van der Waals surface area contributed by atoms with E-state index < -0.39 is 17.9 Å². The molecule has 2 aromatic carbocycles. The number of benzene rings is 2. The zero-order valence-electron chi connectivity index (χ0n) is 19.7. The van der Waals surface area contributed by atoms with E-state index in [-0.39, 0.29) is 44.9 Å². The molecule has 184 valence electrons. The predicted molar refractivity (Wildman–Crippen MR) is 133 cm³/mol. The third-order valence-electron chi connectivity index (χ3n) is 5.83. The van der Waals surface area contributed by atoms with E-state index in [1.54, 1.807) is 57.2 Å². The first-order valence-electron chi connectivity index (χ1n) is 11.3. The summed E-state index contributed by atoms with van der Waals surface area (Å²) in [5.41, 5.74) is 1.01. The fourth-order valence-corrected chi connectivity index (χ4v) is 5.26. The van der Waals surface area contributed by atoms with Gasteiger partial charge in [-0.25, -0.2) is 9.78 Å². The SMILES string of the molecule is CCOC(=O)c1sc(N2C(=O)c3oc4ccccc4c(=O)c3[C@H]2c2ccc(O)c(OCC)c2)nc1C. The number of esters is 1. The highest BCUT2D eigenvalue weighted by atomic mass is 32.1. The number of rotatable bonds is 6. The number of aromatic nitrogens is 1. The Kier molecular flexibility index (Phi) is 5.97. The summed E-state index contributed by atoms with van der Waals surface area (Å²) in [6.07, 6.45) is 0. The second-order valence-corrected chi connectivity index (χ2v) is 9.02. The summed E-state index contributed by atoms with van der Waals surface area (Å²) in [5.74, 6) is -1.06. The molecule has 1 aliphatic heterocycles. The Labute approximate surface area is 209 Å². The number of thiazole rings is 1. The molecule has 2 aromatic heterocycles. The third-order valence-corrected chi connectivity index (χ3v) is 6.97. The maximum atomic E-state index is 13.7. The molecule has 1 N–H and O–H groups in total. The number of anilines is 1. The summed E-state index contributed by atoms with van der Waals surface area (Å²) in [7, 11) is 0. The average Bonchev–Trinajstić information content (AvgIpc) is 3.38. The van der Waals surface area contributed by atoms with Crippen LogP contribution in [0.25, 0.3) is 11.0 Å². The lowest BCUT2D eigenvalue weighted by Gasteiger charge is -2.23. The molecule has 0 aliphatic carbocycles. The van der Waals surface area contributed by atoms with Gasteiger partial charge in [-0.1, -0.05) is 29.5 Å². The van der Waals surface area contributed by atoms with E-state index >= 15 is 0 Å². The Morgan fingerprint density at radius 2 is 1.94 bits per heavy atom. The number of nitrogens with zero attached hydrogens (tertiary/aromatic N) is 2. The van der Waals surface area contributed by atoms with Crippen molar-refractivity contribution in [3.8, 4) is 11.5 Å². The minimum absolute atomic E-state index is 0.0723. The van der Waals surface area contributed by atoms with Crippen LogP contribution >= 0.6 is 11.3 Å². The molecule has 10 heteroatoms. The zero-order valence-corrected chi connectivity index (χ0v) is 20.5. The quantitative estimate of drug-likeness (QED) is 0.377. The second-order valence-electron chi connectivity index (χ2n) is 8.04. The Morgan fingerprint density at radius 3 is 2.69 bits per heavy atom. The van der Waals surface area contributed by atoms with Crippen LogP contribution in [0.2, 0.25) is 0 Å². The summed E-state index contributed by atoms with van der Waals surface area (Å²) in [4.78, 5) is 45.9. The van der Waals surface area contributed by atoms with Crippen molar-refractivity contribution in [1.29, 1.82) is 0 Å². The molecule has 0 radical (unpaired) electrons. The Morgan fingerprint density at radius 1 is 1.17 bits per heavy atom. The molecule has 5 rings (SSSR count). The van der Waals surface area contributed by atoms with Gasteiger partial charge in [0, 0.05) is 0 Å². The summed E-state index contributed by atoms with van der Waals surface area (Å²) in [5, 5.41) is 10.8. The van der Waals surface area contributed by atoms with Crippen molar-refractivity contribution < 1.29 is 28.6 Å². The highest BCUT2D eigenvalue weighted by molar-refractivity contribution is 7.17. The molecule has 1 aliphatic rings. The average molecular weight is 507 g/mol. The number of aromatic hydroxyl groups is 1. The number of fused-ring (bicyclic) bond motifs is 2. The van der Waals surface area contributed by atoms with Crippen molar-refractivity contribution in [1.82, 2.24) is 4.98 Å². The number of carbonyl (C=O) groups is 2. The van der Waals surface area contributed by atoms with Gasteiger partial charge in [0.1, 0.15) is 10.5 Å². The van der Waals surface area contributed by atoms with Crippen LogP contribution in [0.1, 0.15) is 56.9 Å². The number of phenolic OH excluding ortho intramolecular Hbond substituents is 1. The maximum Gasteiger partial charge on any atom is 0.350 e. The Hall–Kier alpha value is -4.18. The summed E-state index contributed by atoms with van der Waals surface area (Å²) in [6.45, 7) is 5.64. The van der Waals surface area contributed by atoms with E-state index in [1.807, 2.05) is 0 Å². The number of ether oxygens (including phenoxy) is 2. The predicted octanol–water partition coefficient (Wildman–Crippen LogP) is 4.59. The maximum absolute atomic E-state index is 13.7. The molecule has 0 spiro atoms. The van der Waals surface area contributed by atoms with E-state index in [0.29, 0.717) is 28.8 Å². The zero-order chi connectivity index (χ0) is 25.6. The van der Waals surface area contributed by atoms with Gasteiger partial charge in [-0.15, -0.1) is 0 Å². The first-order valence-corrected chi connectivity index (χ1v) is 12.2. The smallest absolute Gasteiger partial charge is 0.350 e. The van der Waals surface area contributed by atoms with Crippen LogP contribution in [-0.4, -0.2) is 35.2 Å². The van der Waals surface area contributed by atoms with Crippen LogP contribution in [-0.2, 0) is 4.74 Å². The lowest BCUT2D eigenvalue weighted by Crippen LogP contribution is -2.29. The Bertz CT molecular complexity index is 1570. The number of para-hydroxylation sites is 1. The molecule has 9 nitrogen and oxygen atoms in total. The minimum atomic E-state index is -0.922. The lowest BCUT2D eigenvalue weighted by molar-refractivity contribution is 0.0531. The van der Waals surface area contributed by atoms with Crippen molar-refractivity contribution >= 4 is 39.3 Å². The van der Waals surface area contributed by atoms with Crippen molar-refractivity contribution in [2.24, 2.45) is 0 Å². The van der Waals surface area contributed by atoms with Crippen molar-refractivity contribution in [2.45, 2.75) is 26.8 Å². The van der Waals surface area contributed by atoms with Crippen molar-refractivity contribution in [3.63, 3.8) is 0 Å². The monoisotopic (exact) mass is 506 g/mol. The van der Waals surface area contributed by atoms with E-state index in [4.69, 9.17) is 13.9 Å². The van der Waals surface area contributed by atoms with Crippen LogP contribution in [0.15, 0.2) is 51.7 Å². The number of hydrogen-bond acceptors (Lipinski definition) is 9. The minimum Gasteiger partial charge on any atom is -0.504 e. The molecule has 0 saturated heterocycles. The molecule has 0 bridgehead atoms. The van der Waals surface area contributed by atoms with Gasteiger partial charge in [-0.3, -0.25) is 14.5 Å². The van der Waals surface area contributed by atoms with Crippen molar-refractivity contribution in [3.05, 3.63) is 80.1 Å². The summed E-state index contributed by atoms with van der Waals surface area (Å²) in [6, 6.07) is 10.4. The van der Waals surface area contributed by atoms with Gasteiger partial charge in [0.25, 0.3) is 5.91 Å². The number of amides is 1. The van der Waals surface area contributed by atoms with Gasteiger partial charge < -0.3 is 19.0 Å². The number of phenols is 1. The molecular formula is C26H22N2O7S. The highest BCUT2D eigenvalue weighted by Crippen LogP contribution is 2.44. The molecule has 0 unspecified atom stereocenters. The molecule has 4 aromatic rings. The van der Waals surface area contributed by atoms with Gasteiger partial charge in [0.15, 0.2) is 22.1 Å². The molecule has 1 amide bonds. The second kappa shape index (κ2) is 9.12. The Balaban J connectivity index is 1.75. The lowest BCUT2D eigenvalue weighted by atomic mass is 9.98. The molecule has 1 atom stereocenters. The standard InChI is InChI=1S/C26H22N2O7S/c1-4-33-18-12-14(10-11-16(18)29)20-19-21(30)15-8-6-7-9-17(15)35-22(19)24(31)28(20)26-27-13(3)23(36-26)25(32)34-5-2/h6-12,20,29H,4-5H2,1-3H3/t20-/m1/s1. The van der Waals surface area contributed by atoms with E-state index in [9.17, 15) is 19.5 Å². The summed E-state index contributed by atoms with van der Waals surface area (Å²) < 4.78 is 16.6. The van der Waals surface area contributed by atoms with E-state index in [1.165, 1.54) is 11.0 Å². The van der Waals surface area contributed by atoms with Gasteiger partial charge in [0.2, 0.25) is 5.76 Å². The molecule has 3 heterocycles. The molecule has 0 fully saturated rings.